The molecule has 2 atom stereocenters. The molecule has 0 spiro atoms. The largest absolute Gasteiger partial charge is 0.481 e. The number of carbonyl (C=O) groups excluding carboxylic acids is 1. The van der Waals surface area contributed by atoms with Crippen LogP contribution < -0.4 is 0 Å². The van der Waals surface area contributed by atoms with E-state index < -0.39 is 5.97 Å². The summed E-state index contributed by atoms with van der Waals surface area (Å²) in [7, 11) is 1.34. The maximum atomic E-state index is 11.1. The van der Waals surface area contributed by atoms with Gasteiger partial charge in [0.05, 0.1) is 7.11 Å². The van der Waals surface area contributed by atoms with Gasteiger partial charge >= 0.3 is 11.9 Å². The standard InChI is InChI=1S/C10H16O4S/c1-14-10(13)5-8(4-9(11)12)7-2-3-15-6-7/h7-8H,2-6H2,1H3,(H,11,12). The average molecular weight is 232 g/mol. The number of carbonyl (C=O) groups is 2. The van der Waals surface area contributed by atoms with Crippen LogP contribution in [0.3, 0.4) is 0 Å². The van der Waals surface area contributed by atoms with E-state index in [4.69, 9.17) is 5.11 Å². The summed E-state index contributed by atoms with van der Waals surface area (Å²) in [4.78, 5) is 21.8. The molecule has 0 aliphatic carbocycles. The van der Waals surface area contributed by atoms with Gasteiger partial charge in [-0.2, -0.15) is 11.8 Å². The summed E-state index contributed by atoms with van der Waals surface area (Å²) in [5, 5.41) is 8.77. The van der Waals surface area contributed by atoms with E-state index in [0.29, 0.717) is 5.92 Å². The zero-order chi connectivity index (χ0) is 11.3. The molecule has 1 fully saturated rings. The van der Waals surface area contributed by atoms with Crippen LogP contribution in [0.1, 0.15) is 19.3 Å². The molecule has 1 aliphatic rings. The molecule has 1 heterocycles. The second-order valence-corrected chi connectivity index (χ2v) is 4.91. The number of hydrogen-bond donors (Lipinski definition) is 1. The zero-order valence-corrected chi connectivity index (χ0v) is 9.59. The van der Waals surface area contributed by atoms with Crippen LogP contribution in [0, 0.1) is 11.8 Å². The van der Waals surface area contributed by atoms with Crippen molar-refractivity contribution in [1.82, 2.24) is 0 Å². The highest BCUT2D eigenvalue weighted by atomic mass is 32.2. The number of hydrogen-bond acceptors (Lipinski definition) is 4. The van der Waals surface area contributed by atoms with E-state index in [9.17, 15) is 9.59 Å². The fourth-order valence-corrected chi connectivity index (χ4v) is 3.23. The van der Waals surface area contributed by atoms with E-state index in [1.165, 1.54) is 7.11 Å². The molecule has 0 bridgehead atoms. The van der Waals surface area contributed by atoms with E-state index in [1.807, 2.05) is 11.8 Å². The number of carboxylic acid groups (broad SMARTS) is 1. The van der Waals surface area contributed by atoms with Crippen LogP contribution in [0.15, 0.2) is 0 Å². The van der Waals surface area contributed by atoms with Crippen molar-refractivity contribution in [2.24, 2.45) is 11.8 Å². The minimum absolute atomic E-state index is 0.0649. The molecule has 15 heavy (non-hydrogen) atoms. The van der Waals surface area contributed by atoms with E-state index in [1.54, 1.807) is 0 Å². The summed E-state index contributed by atoms with van der Waals surface area (Å²) in [6.45, 7) is 0. The molecule has 4 nitrogen and oxygen atoms in total. The van der Waals surface area contributed by atoms with Crippen molar-refractivity contribution >= 4 is 23.7 Å². The minimum atomic E-state index is -0.833. The first-order valence-electron chi connectivity index (χ1n) is 5.00. The van der Waals surface area contributed by atoms with Gasteiger partial charge in [-0.1, -0.05) is 0 Å². The van der Waals surface area contributed by atoms with Crippen molar-refractivity contribution in [3.63, 3.8) is 0 Å². The van der Waals surface area contributed by atoms with Gasteiger partial charge in [-0.15, -0.1) is 0 Å². The number of thioether (sulfide) groups is 1. The van der Waals surface area contributed by atoms with E-state index in [2.05, 4.69) is 4.74 Å². The van der Waals surface area contributed by atoms with Gasteiger partial charge in [-0.3, -0.25) is 9.59 Å². The quantitative estimate of drug-likeness (QED) is 0.726. The molecule has 1 rings (SSSR count). The van der Waals surface area contributed by atoms with Gasteiger partial charge in [0, 0.05) is 12.8 Å². The number of ether oxygens (including phenoxy) is 1. The van der Waals surface area contributed by atoms with Gasteiger partial charge in [0.25, 0.3) is 0 Å². The normalized spacial score (nSPS) is 22.3. The van der Waals surface area contributed by atoms with Crippen LogP contribution in [0.2, 0.25) is 0 Å². The van der Waals surface area contributed by atoms with Gasteiger partial charge in [-0.25, -0.2) is 0 Å². The molecule has 1 saturated heterocycles. The third-order valence-corrected chi connectivity index (χ3v) is 3.91. The summed E-state index contributed by atoms with van der Waals surface area (Å²) >= 11 is 1.83. The molecule has 1 N–H and O–H groups in total. The van der Waals surface area contributed by atoms with Gasteiger partial charge in [0.1, 0.15) is 0 Å². The Morgan fingerprint density at radius 3 is 2.73 bits per heavy atom. The van der Waals surface area contributed by atoms with Crippen molar-refractivity contribution < 1.29 is 19.4 Å². The summed E-state index contributed by atoms with van der Waals surface area (Å²) < 4.78 is 4.58. The van der Waals surface area contributed by atoms with Crippen molar-refractivity contribution in [2.45, 2.75) is 19.3 Å². The molecule has 5 heteroatoms. The Bertz CT molecular complexity index is 236. The number of methoxy groups -OCH3 is 1. The number of carboxylic acids is 1. The van der Waals surface area contributed by atoms with Gasteiger partial charge < -0.3 is 9.84 Å². The fourth-order valence-electron chi connectivity index (χ4n) is 1.85. The second-order valence-electron chi connectivity index (χ2n) is 3.76. The van der Waals surface area contributed by atoms with Gasteiger partial charge in [-0.05, 0) is 29.8 Å². The van der Waals surface area contributed by atoms with Crippen LogP contribution in [0.4, 0.5) is 0 Å². The van der Waals surface area contributed by atoms with Crippen LogP contribution in [-0.2, 0) is 14.3 Å². The number of rotatable bonds is 5. The maximum Gasteiger partial charge on any atom is 0.305 e. The first-order chi connectivity index (χ1) is 7.13. The zero-order valence-electron chi connectivity index (χ0n) is 8.77. The van der Waals surface area contributed by atoms with Gasteiger partial charge in [0.2, 0.25) is 0 Å². The lowest BCUT2D eigenvalue weighted by molar-refractivity contribution is -0.143. The highest BCUT2D eigenvalue weighted by Crippen LogP contribution is 2.33. The molecule has 86 valence electrons. The highest BCUT2D eigenvalue weighted by Gasteiger charge is 2.29. The fraction of sp³-hybridized carbons (Fsp3) is 0.800. The van der Waals surface area contributed by atoms with Crippen LogP contribution >= 0.6 is 11.8 Å². The molecule has 0 amide bonds. The van der Waals surface area contributed by atoms with Crippen molar-refractivity contribution in [3.8, 4) is 0 Å². The maximum absolute atomic E-state index is 11.1. The second kappa shape index (κ2) is 6.00. The van der Waals surface area contributed by atoms with E-state index >= 15 is 0 Å². The lowest BCUT2D eigenvalue weighted by Crippen LogP contribution is -2.22. The Balaban J connectivity index is 2.51. The SMILES string of the molecule is COC(=O)CC(CC(=O)O)C1CCSC1. The van der Waals surface area contributed by atoms with Crippen LogP contribution in [0.25, 0.3) is 0 Å². The van der Waals surface area contributed by atoms with E-state index in [0.717, 1.165) is 17.9 Å². The van der Waals surface area contributed by atoms with Crippen molar-refractivity contribution in [2.75, 3.05) is 18.6 Å². The summed E-state index contributed by atoms with van der Waals surface area (Å²) in [5.74, 6) is 1.19. The predicted molar refractivity (Wildman–Crippen MR) is 57.8 cm³/mol. The predicted octanol–water partition coefficient (Wildman–Crippen LogP) is 1.39. The summed E-state index contributed by atoms with van der Waals surface area (Å²) in [6.07, 6.45) is 1.31. The molecule has 2 unspecified atom stereocenters. The molecule has 1 aliphatic heterocycles. The lowest BCUT2D eigenvalue weighted by atomic mass is 9.86. The molecule has 0 aromatic rings. The Labute approximate surface area is 93.4 Å². The highest BCUT2D eigenvalue weighted by molar-refractivity contribution is 7.99. The molecule has 0 aromatic carbocycles. The Hall–Kier alpha value is -0.710. The summed E-state index contributed by atoms with van der Waals surface area (Å²) in [6, 6.07) is 0. The third-order valence-electron chi connectivity index (χ3n) is 2.72. The third kappa shape index (κ3) is 4.11. The van der Waals surface area contributed by atoms with Crippen LogP contribution in [-0.4, -0.2) is 35.7 Å². The first-order valence-corrected chi connectivity index (χ1v) is 6.15. The number of aliphatic carboxylic acids is 1. The Kier molecular flexibility index (Phi) is 4.94. The van der Waals surface area contributed by atoms with Gasteiger partial charge in [0.15, 0.2) is 0 Å². The molecular formula is C10H16O4S. The molecule has 0 saturated carbocycles. The molecular weight excluding hydrogens is 216 g/mol. The number of esters is 1. The summed E-state index contributed by atoms with van der Waals surface area (Å²) in [5.41, 5.74) is 0. The Morgan fingerprint density at radius 1 is 1.53 bits per heavy atom. The Morgan fingerprint density at radius 2 is 2.27 bits per heavy atom. The lowest BCUT2D eigenvalue weighted by Gasteiger charge is -2.19. The topological polar surface area (TPSA) is 63.6 Å². The molecule has 0 aromatic heterocycles. The smallest absolute Gasteiger partial charge is 0.305 e. The van der Waals surface area contributed by atoms with Crippen molar-refractivity contribution in [3.05, 3.63) is 0 Å². The minimum Gasteiger partial charge on any atom is -0.481 e. The first kappa shape index (κ1) is 12.4. The molecule has 0 radical (unpaired) electrons. The average Bonchev–Trinajstić information content (AvgIpc) is 2.68. The van der Waals surface area contributed by atoms with Crippen molar-refractivity contribution in [1.29, 1.82) is 0 Å². The monoisotopic (exact) mass is 232 g/mol. The van der Waals surface area contributed by atoms with E-state index in [-0.39, 0.29) is 24.7 Å². The van der Waals surface area contributed by atoms with Crippen LogP contribution in [0.5, 0.6) is 0 Å².